The number of rotatable bonds is 2. The number of hydrogen-bond donors (Lipinski definition) is 1. The highest BCUT2D eigenvalue weighted by atomic mass is 15.0. The minimum Gasteiger partial charge on any atom is -0.337 e. The van der Waals surface area contributed by atoms with Crippen molar-refractivity contribution in [1.29, 1.82) is 0 Å². The van der Waals surface area contributed by atoms with Gasteiger partial charge in [-0.2, -0.15) is 0 Å². The van der Waals surface area contributed by atoms with Crippen LogP contribution in [0.25, 0.3) is 33.7 Å². The molecule has 0 amide bonds. The van der Waals surface area contributed by atoms with Crippen LogP contribution in [0.4, 0.5) is 0 Å². The van der Waals surface area contributed by atoms with Crippen molar-refractivity contribution < 1.29 is 0 Å². The van der Waals surface area contributed by atoms with Crippen molar-refractivity contribution in [2.45, 2.75) is 0 Å². The van der Waals surface area contributed by atoms with Gasteiger partial charge in [-0.1, -0.05) is 60.7 Å². The van der Waals surface area contributed by atoms with E-state index in [2.05, 4.69) is 33.2 Å². The van der Waals surface area contributed by atoms with E-state index < -0.39 is 0 Å². The molecule has 21 heavy (non-hydrogen) atoms. The molecule has 0 radical (unpaired) electrons. The zero-order valence-corrected chi connectivity index (χ0v) is 11.3. The topological polar surface area (TPSA) is 41.6 Å². The molecule has 0 aliphatic carbocycles. The van der Waals surface area contributed by atoms with Crippen molar-refractivity contribution >= 4 is 11.2 Å². The third-order valence-electron chi connectivity index (χ3n) is 3.49. The molecule has 100 valence electrons. The molecule has 3 heteroatoms. The number of nitrogens with one attached hydrogen (secondary N) is 1. The molecule has 0 saturated heterocycles. The Morgan fingerprint density at radius 2 is 1.38 bits per heavy atom. The number of nitrogens with zero attached hydrogens (tertiary/aromatic N) is 2. The van der Waals surface area contributed by atoms with E-state index in [1.54, 1.807) is 0 Å². The summed E-state index contributed by atoms with van der Waals surface area (Å²) < 4.78 is 0. The molecule has 0 fully saturated rings. The minimum atomic E-state index is 0.744. The second-order valence-electron chi connectivity index (χ2n) is 4.91. The molecular weight excluding hydrogens is 258 g/mol. The number of benzene rings is 2. The Bertz CT molecular complexity index is 843. The van der Waals surface area contributed by atoms with E-state index in [1.165, 1.54) is 0 Å². The van der Waals surface area contributed by atoms with E-state index in [4.69, 9.17) is 0 Å². The highest BCUT2D eigenvalue weighted by molar-refractivity contribution is 5.80. The van der Waals surface area contributed by atoms with Gasteiger partial charge in [-0.3, -0.25) is 0 Å². The van der Waals surface area contributed by atoms with Gasteiger partial charge in [-0.15, -0.1) is 0 Å². The lowest BCUT2D eigenvalue weighted by molar-refractivity contribution is 1.30. The highest BCUT2D eigenvalue weighted by Crippen LogP contribution is 2.24. The molecule has 0 aliphatic rings. The molecule has 4 rings (SSSR count). The van der Waals surface area contributed by atoms with Crippen molar-refractivity contribution in [2.75, 3.05) is 0 Å². The molecule has 0 bridgehead atoms. The van der Waals surface area contributed by atoms with Crippen LogP contribution in [0.5, 0.6) is 0 Å². The normalized spacial score (nSPS) is 10.9. The van der Waals surface area contributed by atoms with Crippen LogP contribution >= 0.6 is 0 Å². The van der Waals surface area contributed by atoms with Crippen LogP contribution in [-0.2, 0) is 0 Å². The molecular formula is C18H13N3. The fraction of sp³-hybridized carbons (Fsp3) is 0. The molecule has 3 nitrogen and oxygen atoms in total. The average molecular weight is 271 g/mol. The van der Waals surface area contributed by atoms with Crippen molar-refractivity contribution in [3.05, 3.63) is 72.9 Å². The van der Waals surface area contributed by atoms with Crippen LogP contribution in [0.1, 0.15) is 0 Å². The lowest BCUT2D eigenvalue weighted by Gasteiger charge is -1.99. The van der Waals surface area contributed by atoms with Gasteiger partial charge in [-0.05, 0) is 11.6 Å². The second-order valence-corrected chi connectivity index (χ2v) is 4.91. The van der Waals surface area contributed by atoms with Gasteiger partial charge in [0.2, 0.25) is 0 Å². The minimum absolute atomic E-state index is 0.744. The van der Waals surface area contributed by atoms with E-state index in [0.29, 0.717) is 0 Å². The van der Waals surface area contributed by atoms with Crippen LogP contribution in [-0.4, -0.2) is 15.0 Å². The fourth-order valence-corrected chi connectivity index (χ4v) is 2.42. The summed E-state index contributed by atoms with van der Waals surface area (Å²) in [6.07, 6.45) is 1.87. The summed E-state index contributed by atoms with van der Waals surface area (Å²) in [6, 6.07) is 22.4. The molecule has 0 saturated carbocycles. The summed E-state index contributed by atoms with van der Waals surface area (Å²) in [7, 11) is 0. The number of pyridine rings is 1. The van der Waals surface area contributed by atoms with E-state index in [1.807, 2.05) is 54.7 Å². The summed E-state index contributed by atoms with van der Waals surface area (Å²) in [4.78, 5) is 12.4. The Labute approximate surface area is 122 Å². The lowest BCUT2D eigenvalue weighted by Crippen LogP contribution is -1.81. The SMILES string of the molecule is c1ccc(-c2cnc3nc(-c4ccccc4)[nH]c3c2)cc1. The molecule has 0 aliphatic heterocycles. The first-order valence-electron chi connectivity index (χ1n) is 6.87. The number of H-pyrrole nitrogens is 1. The first kappa shape index (κ1) is 11.9. The third-order valence-corrected chi connectivity index (χ3v) is 3.49. The van der Waals surface area contributed by atoms with Gasteiger partial charge in [0, 0.05) is 17.3 Å². The fourth-order valence-electron chi connectivity index (χ4n) is 2.42. The Morgan fingerprint density at radius 1 is 0.714 bits per heavy atom. The first-order chi connectivity index (χ1) is 10.4. The van der Waals surface area contributed by atoms with Gasteiger partial charge in [-0.25, -0.2) is 9.97 Å². The quantitative estimate of drug-likeness (QED) is 0.591. The van der Waals surface area contributed by atoms with E-state index in [0.717, 1.165) is 33.7 Å². The lowest BCUT2D eigenvalue weighted by atomic mass is 10.1. The zero-order chi connectivity index (χ0) is 14.1. The summed E-state index contributed by atoms with van der Waals surface area (Å²) in [6.45, 7) is 0. The standard InChI is InChI=1S/C18H13N3/c1-3-7-13(8-4-1)15-11-16-18(19-12-15)21-17(20-16)14-9-5-2-6-10-14/h1-12H,(H,19,20,21). The highest BCUT2D eigenvalue weighted by Gasteiger charge is 2.07. The Kier molecular flexibility index (Phi) is 2.75. The molecule has 2 heterocycles. The maximum Gasteiger partial charge on any atom is 0.178 e. The Hall–Kier alpha value is -2.94. The predicted molar refractivity (Wildman–Crippen MR) is 84.8 cm³/mol. The third kappa shape index (κ3) is 2.19. The van der Waals surface area contributed by atoms with Crippen LogP contribution in [0.15, 0.2) is 72.9 Å². The second kappa shape index (κ2) is 4.87. The van der Waals surface area contributed by atoms with Crippen molar-refractivity contribution in [3.63, 3.8) is 0 Å². The smallest absolute Gasteiger partial charge is 0.178 e. The number of aromatic nitrogens is 3. The van der Waals surface area contributed by atoms with E-state index in [9.17, 15) is 0 Å². The molecule has 0 unspecified atom stereocenters. The van der Waals surface area contributed by atoms with Gasteiger partial charge in [0.05, 0.1) is 5.52 Å². The Balaban J connectivity index is 1.82. The summed E-state index contributed by atoms with van der Waals surface area (Å²) >= 11 is 0. The Morgan fingerprint density at radius 3 is 2.10 bits per heavy atom. The maximum atomic E-state index is 4.55. The molecule has 0 spiro atoms. The van der Waals surface area contributed by atoms with Crippen molar-refractivity contribution in [1.82, 2.24) is 15.0 Å². The summed E-state index contributed by atoms with van der Waals surface area (Å²) in [5.41, 5.74) is 5.01. The van der Waals surface area contributed by atoms with Crippen LogP contribution < -0.4 is 0 Å². The summed E-state index contributed by atoms with van der Waals surface area (Å²) in [5, 5.41) is 0. The van der Waals surface area contributed by atoms with E-state index >= 15 is 0 Å². The number of imidazole rings is 1. The van der Waals surface area contributed by atoms with Crippen molar-refractivity contribution in [2.24, 2.45) is 0 Å². The molecule has 4 aromatic rings. The number of aromatic amines is 1. The maximum absolute atomic E-state index is 4.55. The van der Waals surface area contributed by atoms with Crippen LogP contribution in [0.2, 0.25) is 0 Å². The van der Waals surface area contributed by atoms with Gasteiger partial charge in [0.1, 0.15) is 5.82 Å². The predicted octanol–water partition coefficient (Wildman–Crippen LogP) is 4.29. The molecule has 1 N–H and O–H groups in total. The van der Waals surface area contributed by atoms with E-state index in [-0.39, 0.29) is 0 Å². The van der Waals surface area contributed by atoms with Gasteiger partial charge in [0.15, 0.2) is 5.65 Å². The van der Waals surface area contributed by atoms with Crippen LogP contribution in [0.3, 0.4) is 0 Å². The van der Waals surface area contributed by atoms with Gasteiger partial charge < -0.3 is 4.98 Å². The zero-order valence-electron chi connectivity index (χ0n) is 11.3. The molecule has 2 aromatic carbocycles. The number of hydrogen-bond acceptors (Lipinski definition) is 2. The number of fused-ring (bicyclic) bond motifs is 1. The first-order valence-corrected chi connectivity index (χ1v) is 6.87. The van der Waals surface area contributed by atoms with Crippen molar-refractivity contribution in [3.8, 4) is 22.5 Å². The van der Waals surface area contributed by atoms with Gasteiger partial charge in [0.25, 0.3) is 0 Å². The average Bonchev–Trinajstić information content (AvgIpc) is 2.99. The largest absolute Gasteiger partial charge is 0.337 e. The molecule has 0 atom stereocenters. The molecule has 2 aromatic heterocycles. The van der Waals surface area contributed by atoms with Gasteiger partial charge >= 0.3 is 0 Å². The summed E-state index contributed by atoms with van der Waals surface area (Å²) in [5.74, 6) is 0.850. The van der Waals surface area contributed by atoms with Crippen LogP contribution in [0, 0.1) is 0 Å². The monoisotopic (exact) mass is 271 g/mol.